The van der Waals surface area contributed by atoms with Gasteiger partial charge in [-0.3, -0.25) is 14.3 Å². The van der Waals surface area contributed by atoms with Crippen LogP contribution >= 0.6 is 0 Å². The topological polar surface area (TPSA) is 156 Å². The van der Waals surface area contributed by atoms with E-state index in [4.69, 9.17) is 14.3 Å². The number of carbonyl (C=O) groups excluding carboxylic acids is 2. The van der Waals surface area contributed by atoms with E-state index in [9.17, 15) is 22.8 Å². The number of oxazole rings is 1. The third kappa shape index (κ3) is 5.69. The minimum absolute atomic E-state index is 0.128. The summed E-state index contributed by atoms with van der Waals surface area (Å²) in [6.45, 7) is 1.84. The summed E-state index contributed by atoms with van der Waals surface area (Å²) < 4.78 is 35.8. The molecule has 3 rings (SSSR count). The van der Waals surface area contributed by atoms with Crippen molar-refractivity contribution in [3.8, 4) is 5.75 Å². The lowest BCUT2D eigenvalue weighted by atomic mass is 10.0. The molecular formula is C21H25N3O8S. The predicted molar refractivity (Wildman–Crippen MR) is 115 cm³/mol. The molecule has 33 heavy (non-hydrogen) atoms. The molecule has 1 unspecified atom stereocenters. The highest BCUT2D eigenvalue weighted by atomic mass is 32.2. The molecule has 0 aliphatic carbocycles. The molecule has 0 bridgehead atoms. The monoisotopic (exact) mass is 479 g/mol. The molecule has 1 fully saturated rings. The van der Waals surface area contributed by atoms with Crippen molar-refractivity contribution in [3.05, 3.63) is 47.2 Å². The van der Waals surface area contributed by atoms with Gasteiger partial charge in [-0.15, -0.1) is 0 Å². The first-order valence-corrected chi connectivity index (χ1v) is 12.0. The Balaban J connectivity index is 1.83. The SMILES string of the molecule is CCS(=O)(=O)NC(=O)CCc1ccc(OC)cc1C(=O)N1CCCC1c1nc(C(=O)O)co1. The zero-order valence-corrected chi connectivity index (χ0v) is 19.1. The van der Waals surface area contributed by atoms with Crippen molar-refractivity contribution in [2.24, 2.45) is 0 Å². The molecule has 0 spiro atoms. The molecule has 1 atom stereocenters. The summed E-state index contributed by atoms with van der Waals surface area (Å²) in [7, 11) is -2.21. The van der Waals surface area contributed by atoms with Crippen molar-refractivity contribution in [2.45, 2.75) is 38.6 Å². The van der Waals surface area contributed by atoms with Crippen LogP contribution in [0.1, 0.15) is 64.5 Å². The van der Waals surface area contributed by atoms with Gasteiger partial charge < -0.3 is 19.2 Å². The van der Waals surface area contributed by atoms with Crippen LogP contribution in [0.15, 0.2) is 28.9 Å². The third-order valence-electron chi connectivity index (χ3n) is 5.36. The van der Waals surface area contributed by atoms with Gasteiger partial charge in [0.25, 0.3) is 5.91 Å². The molecule has 2 aromatic rings. The molecule has 2 heterocycles. The highest BCUT2D eigenvalue weighted by Crippen LogP contribution is 2.34. The Labute approximate surface area is 190 Å². The lowest BCUT2D eigenvalue weighted by molar-refractivity contribution is -0.119. The first-order chi connectivity index (χ1) is 15.6. The number of methoxy groups -OCH3 is 1. The van der Waals surface area contributed by atoms with Crippen LogP contribution in [0.5, 0.6) is 5.75 Å². The van der Waals surface area contributed by atoms with Crippen molar-refractivity contribution < 1.29 is 37.1 Å². The average Bonchev–Trinajstić information content (AvgIpc) is 3.46. The third-order valence-corrected chi connectivity index (χ3v) is 6.66. The fourth-order valence-electron chi connectivity index (χ4n) is 3.60. The fraction of sp³-hybridized carbons (Fsp3) is 0.429. The Hall–Kier alpha value is -3.41. The van der Waals surface area contributed by atoms with Crippen molar-refractivity contribution >= 4 is 27.8 Å². The average molecular weight is 480 g/mol. The number of carbonyl (C=O) groups is 3. The number of nitrogens with one attached hydrogen (secondary N) is 1. The van der Waals surface area contributed by atoms with Gasteiger partial charge >= 0.3 is 5.97 Å². The Morgan fingerprint density at radius 1 is 1.33 bits per heavy atom. The molecule has 1 aliphatic rings. The van der Waals surface area contributed by atoms with Gasteiger partial charge in [-0.1, -0.05) is 6.07 Å². The number of likely N-dealkylation sites (tertiary alicyclic amines) is 1. The van der Waals surface area contributed by atoms with Gasteiger partial charge in [-0.2, -0.15) is 0 Å². The number of aromatic carboxylic acids is 1. The molecule has 1 saturated heterocycles. The van der Waals surface area contributed by atoms with Crippen LogP contribution in [0.25, 0.3) is 0 Å². The van der Waals surface area contributed by atoms with Gasteiger partial charge in [0.15, 0.2) is 5.69 Å². The number of aryl methyl sites for hydroxylation is 1. The zero-order valence-electron chi connectivity index (χ0n) is 18.2. The maximum Gasteiger partial charge on any atom is 0.357 e. The second-order valence-electron chi connectivity index (χ2n) is 7.48. The summed E-state index contributed by atoms with van der Waals surface area (Å²) in [5, 5.41) is 9.09. The first kappa shape index (κ1) is 24.2. The first-order valence-electron chi connectivity index (χ1n) is 10.3. The van der Waals surface area contributed by atoms with Crippen LogP contribution in [0, 0.1) is 0 Å². The number of sulfonamides is 1. The Kier molecular flexibility index (Phi) is 7.36. The summed E-state index contributed by atoms with van der Waals surface area (Å²) in [5.74, 6) is -1.85. The highest BCUT2D eigenvalue weighted by molar-refractivity contribution is 7.90. The molecular weight excluding hydrogens is 454 g/mol. The van der Waals surface area contributed by atoms with Crippen LogP contribution in [0.4, 0.5) is 0 Å². The number of carboxylic acids is 1. The second-order valence-corrected chi connectivity index (χ2v) is 9.50. The predicted octanol–water partition coefficient (Wildman–Crippen LogP) is 1.76. The summed E-state index contributed by atoms with van der Waals surface area (Å²) in [6.07, 6.45) is 2.28. The van der Waals surface area contributed by atoms with Gasteiger partial charge in [0.2, 0.25) is 21.8 Å². The Bertz CT molecular complexity index is 1160. The molecule has 178 valence electrons. The molecule has 1 aliphatic heterocycles. The molecule has 0 saturated carbocycles. The second kappa shape index (κ2) is 10.0. The largest absolute Gasteiger partial charge is 0.497 e. The van der Waals surface area contributed by atoms with Gasteiger partial charge in [0.05, 0.1) is 12.9 Å². The van der Waals surface area contributed by atoms with Gasteiger partial charge in [0.1, 0.15) is 18.1 Å². The molecule has 0 radical (unpaired) electrons. The van der Waals surface area contributed by atoms with Crippen molar-refractivity contribution in [1.82, 2.24) is 14.6 Å². The number of benzene rings is 1. The molecule has 12 heteroatoms. The van der Waals surface area contributed by atoms with Crippen LogP contribution in [-0.2, 0) is 21.2 Å². The van der Waals surface area contributed by atoms with E-state index in [0.29, 0.717) is 36.3 Å². The van der Waals surface area contributed by atoms with Gasteiger partial charge in [-0.25, -0.2) is 18.2 Å². The molecule has 1 aromatic carbocycles. The smallest absolute Gasteiger partial charge is 0.357 e. The molecule has 1 aromatic heterocycles. The lowest BCUT2D eigenvalue weighted by Gasteiger charge is -2.24. The summed E-state index contributed by atoms with van der Waals surface area (Å²) in [6, 6.07) is 4.35. The van der Waals surface area contributed by atoms with Crippen molar-refractivity contribution in [1.29, 1.82) is 0 Å². The van der Waals surface area contributed by atoms with E-state index in [1.807, 2.05) is 4.72 Å². The Morgan fingerprint density at radius 2 is 2.09 bits per heavy atom. The summed E-state index contributed by atoms with van der Waals surface area (Å²) in [4.78, 5) is 42.2. The number of carboxylic acid groups (broad SMARTS) is 1. The van der Waals surface area contributed by atoms with Crippen molar-refractivity contribution in [3.63, 3.8) is 0 Å². The number of hydrogen-bond acceptors (Lipinski definition) is 8. The van der Waals surface area contributed by atoms with E-state index in [0.717, 1.165) is 6.26 Å². The number of amides is 2. The van der Waals surface area contributed by atoms with E-state index in [1.54, 1.807) is 23.1 Å². The zero-order chi connectivity index (χ0) is 24.2. The highest BCUT2D eigenvalue weighted by Gasteiger charge is 2.35. The molecule has 11 nitrogen and oxygen atoms in total. The van der Waals surface area contributed by atoms with Gasteiger partial charge in [-0.05, 0) is 43.9 Å². The molecule has 2 N–H and O–H groups in total. The van der Waals surface area contributed by atoms with E-state index in [2.05, 4.69) is 4.98 Å². The van der Waals surface area contributed by atoms with Crippen molar-refractivity contribution in [2.75, 3.05) is 19.4 Å². The summed E-state index contributed by atoms with van der Waals surface area (Å²) in [5.41, 5.74) is 0.617. The minimum Gasteiger partial charge on any atom is -0.497 e. The number of aromatic nitrogens is 1. The normalized spacial score (nSPS) is 15.9. The van der Waals surface area contributed by atoms with Crippen LogP contribution in [0.2, 0.25) is 0 Å². The summed E-state index contributed by atoms with van der Waals surface area (Å²) >= 11 is 0. The number of hydrogen-bond donors (Lipinski definition) is 2. The number of ether oxygens (including phenoxy) is 1. The van der Waals surface area contributed by atoms with Crippen LogP contribution in [0.3, 0.4) is 0 Å². The Morgan fingerprint density at radius 3 is 2.73 bits per heavy atom. The quantitative estimate of drug-likeness (QED) is 0.547. The van der Waals surface area contributed by atoms with Gasteiger partial charge in [0, 0.05) is 18.5 Å². The molecule has 2 amide bonds. The van der Waals surface area contributed by atoms with Crippen LogP contribution < -0.4 is 9.46 Å². The number of rotatable bonds is 9. The van der Waals surface area contributed by atoms with E-state index in [1.165, 1.54) is 14.0 Å². The van der Waals surface area contributed by atoms with Crippen LogP contribution in [-0.4, -0.2) is 60.6 Å². The van der Waals surface area contributed by atoms with E-state index in [-0.39, 0.29) is 36.1 Å². The van der Waals surface area contributed by atoms with E-state index >= 15 is 0 Å². The lowest BCUT2D eigenvalue weighted by Crippen LogP contribution is -2.33. The maximum atomic E-state index is 13.5. The minimum atomic E-state index is -3.67. The standard InChI is InChI=1S/C21H25N3O8S/c1-3-33(29,30)23-18(25)9-7-13-6-8-14(31-2)11-15(13)20(26)24-10-4-5-17(24)19-22-16(12-32-19)21(27)28/h6,8,11-12,17H,3-5,7,9-10H2,1-2H3,(H,23,25)(H,27,28). The van der Waals surface area contributed by atoms with E-state index < -0.39 is 27.9 Å². The maximum absolute atomic E-state index is 13.5. The number of nitrogens with zero attached hydrogens (tertiary/aromatic N) is 2. The fourth-order valence-corrected chi connectivity index (χ4v) is 4.20.